The molecule has 1 saturated heterocycles. The summed E-state index contributed by atoms with van der Waals surface area (Å²) in [7, 11) is 0. The summed E-state index contributed by atoms with van der Waals surface area (Å²) in [5.74, 6) is -1.24. The molecule has 1 heterocycles. The van der Waals surface area contributed by atoms with Crippen LogP contribution in [0.25, 0.3) is 0 Å². The van der Waals surface area contributed by atoms with Crippen LogP contribution in [0, 0.1) is 0 Å². The molecule has 8 atom stereocenters. The molecule has 0 aliphatic carbocycles. The van der Waals surface area contributed by atoms with Crippen molar-refractivity contribution in [2.45, 2.75) is 314 Å². The minimum atomic E-state index is -1.62. The number of aliphatic hydroxyl groups is 5. The Hall–Kier alpha value is -3.16. The lowest BCUT2D eigenvalue weighted by molar-refractivity contribution is -0.305. The van der Waals surface area contributed by atoms with Crippen LogP contribution in [0.15, 0.2) is 85.1 Å². The summed E-state index contributed by atoms with van der Waals surface area (Å²) in [5.41, 5.74) is 0. The van der Waals surface area contributed by atoms with E-state index in [1.807, 2.05) is 72.9 Å². The number of nitrogens with one attached hydrogen (secondary N) is 1. The van der Waals surface area contributed by atoms with Gasteiger partial charge in [0.15, 0.2) is 12.4 Å². The normalized spacial score (nSPS) is 19.5. The minimum Gasteiger partial charge on any atom is -0.454 e. The number of carbonyl (C=O) groups is 2. The average molecular weight is 1100 g/mol. The van der Waals surface area contributed by atoms with Gasteiger partial charge in [0.1, 0.15) is 24.4 Å². The Balaban J connectivity index is 2.67. The molecule has 11 nitrogen and oxygen atoms in total. The molecule has 1 rings (SSSR count). The minimum absolute atomic E-state index is 0.118. The zero-order valence-electron chi connectivity index (χ0n) is 49.8. The van der Waals surface area contributed by atoms with Crippen molar-refractivity contribution in [2.24, 2.45) is 0 Å². The standard InChI is InChI=1S/C67H117NO10/c1-4-7-10-13-16-19-22-25-27-29-30-31-32-33-35-37-40-43-46-49-52-55-62(72)78-65-64(74)63(73)61(56-69)77-67(65)76-57-58(59(70)53-50-47-44-41-38-24-21-18-15-12-9-6-3)68-66(75)60(71)54-51-48-45-42-39-36-34-28-26-23-20-17-14-11-8-5-2/h8,11,14,17,20,23,26,28,34,36,39,42,50,53,58-61,63-65,67,69-71,73-74H,4-7,9-10,12-13,15-16,18-19,21-22,24-25,27,29-33,35,37-38,40-41,43-49,51-52,54-57H2,1-3H3,(H,68,75)/b11-8-,17-14+,23-20+,28-26-,36-34+,42-39+,53-50+. The zero-order valence-corrected chi connectivity index (χ0v) is 49.8. The Morgan fingerprint density at radius 3 is 1.38 bits per heavy atom. The molecule has 1 amide bonds. The van der Waals surface area contributed by atoms with Crippen molar-refractivity contribution >= 4 is 11.9 Å². The highest BCUT2D eigenvalue weighted by Gasteiger charge is 2.47. The Morgan fingerprint density at radius 2 is 0.923 bits per heavy atom. The monoisotopic (exact) mass is 1100 g/mol. The number of hydrogen-bond donors (Lipinski definition) is 6. The van der Waals surface area contributed by atoms with Crippen LogP contribution in [-0.4, -0.2) is 99.6 Å². The molecule has 78 heavy (non-hydrogen) atoms. The summed E-state index contributed by atoms with van der Waals surface area (Å²) in [4.78, 5) is 26.6. The average Bonchev–Trinajstić information content (AvgIpc) is 3.44. The van der Waals surface area contributed by atoms with Gasteiger partial charge in [0.25, 0.3) is 0 Å². The Labute approximate surface area is 476 Å². The summed E-state index contributed by atoms with van der Waals surface area (Å²) >= 11 is 0. The summed E-state index contributed by atoms with van der Waals surface area (Å²) in [6, 6.07) is -1.05. The third kappa shape index (κ3) is 41.8. The number of carbonyl (C=O) groups excluding carboxylic acids is 2. The fraction of sp³-hybridized carbons (Fsp3) is 0.761. The molecule has 0 aromatic rings. The molecule has 11 heteroatoms. The molecular weight excluding hydrogens is 979 g/mol. The van der Waals surface area contributed by atoms with Crippen molar-refractivity contribution in [3.05, 3.63) is 85.1 Å². The van der Waals surface area contributed by atoms with Gasteiger partial charge in [-0.25, -0.2) is 0 Å². The van der Waals surface area contributed by atoms with Crippen molar-refractivity contribution in [3.63, 3.8) is 0 Å². The van der Waals surface area contributed by atoms with E-state index in [-0.39, 0.29) is 19.4 Å². The molecule has 1 aliphatic heterocycles. The zero-order chi connectivity index (χ0) is 56.8. The number of rotatable bonds is 53. The summed E-state index contributed by atoms with van der Waals surface area (Å²) in [6.45, 7) is 5.63. The predicted molar refractivity (Wildman–Crippen MR) is 324 cm³/mol. The third-order valence-electron chi connectivity index (χ3n) is 14.7. The van der Waals surface area contributed by atoms with Crippen LogP contribution in [-0.2, 0) is 23.8 Å². The van der Waals surface area contributed by atoms with Crippen LogP contribution in [0.2, 0.25) is 0 Å². The van der Waals surface area contributed by atoms with Crippen molar-refractivity contribution in [1.29, 1.82) is 0 Å². The number of unbranched alkanes of at least 4 members (excludes halogenated alkanes) is 32. The Bertz CT molecular complexity index is 1590. The maximum atomic E-state index is 13.4. The van der Waals surface area contributed by atoms with Crippen LogP contribution < -0.4 is 5.32 Å². The van der Waals surface area contributed by atoms with Gasteiger partial charge in [-0.1, -0.05) is 298 Å². The number of amides is 1. The molecule has 0 radical (unpaired) electrons. The predicted octanol–water partition coefficient (Wildman–Crippen LogP) is 15.3. The fourth-order valence-corrected chi connectivity index (χ4v) is 9.68. The topological polar surface area (TPSA) is 175 Å². The van der Waals surface area contributed by atoms with Gasteiger partial charge in [0.05, 0.1) is 25.4 Å². The van der Waals surface area contributed by atoms with E-state index < -0.39 is 67.4 Å². The SMILES string of the molecule is CC\C=C/C=C/C=C/C=C\C=C\C=C\CCCCC(O)C(=O)NC(COC1OC(CO)C(O)C(O)C1OC(=O)CCCCCCCCCCCCCCCCCCCCCCC)C(O)/C=C/CCCCCCCCCCCC. The van der Waals surface area contributed by atoms with Crippen LogP contribution in [0.1, 0.15) is 265 Å². The van der Waals surface area contributed by atoms with Gasteiger partial charge < -0.3 is 45.1 Å². The molecule has 0 bridgehead atoms. The fourth-order valence-electron chi connectivity index (χ4n) is 9.68. The van der Waals surface area contributed by atoms with E-state index in [1.165, 1.54) is 154 Å². The second-order valence-corrected chi connectivity index (χ2v) is 21.9. The smallest absolute Gasteiger partial charge is 0.306 e. The first-order chi connectivity index (χ1) is 38.2. The molecule has 6 N–H and O–H groups in total. The lowest BCUT2D eigenvalue weighted by atomic mass is 9.99. The van der Waals surface area contributed by atoms with E-state index in [2.05, 4.69) is 32.2 Å². The van der Waals surface area contributed by atoms with Crippen molar-refractivity contribution < 1.29 is 49.3 Å². The second-order valence-electron chi connectivity index (χ2n) is 21.9. The van der Waals surface area contributed by atoms with E-state index in [9.17, 15) is 35.1 Å². The van der Waals surface area contributed by atoms with Gasteiger partial charge in [0.2, 0.25) is 5.91 Å². The number of allylic oxidation sites excluding steroid dienone is 13. The van der Waals surface area contributed by atoms with Gasteiger partial charge in [-0.15, -0.1) is 0 Å². The number of esters is 1. The van der Waals surface area contributed by atoms with Crippen molar-refractivity contribution in [2.75, 3.05) is 13.2 Å². The van der Waals surface area contributed by atoms with E-state index >= 15 is 0 Å². The summed E-state index contributed by atoms with van der Waals surface area (Å²) in [5, 5.41) is 56.9. The quantitative estimate of drug-likeness (QED) is 0.0149. The number of ether oxygens (including phenoxy) is 3. The maximum Gasteiger partial charge on any atom is 0.306 e. The van der Waals surface area contributed by atoms with Crippen molar-refractivity contribution in [1.82, 2.24) is 5.32 Å². The van der Waals surface area contributed by atoms with Gasteiger partial charge in [-0.3, -0.25) is 9.59 Å². The highest BCUT2D eigenvalue weighted by atomic mass is 16.7. The second kappa shape index (κ2) is 54.4. The van der Waals surface area contributed by atoms with Gasteiger partial charge in [0, 0.05) is 6.42 Å². The van der Waals surface area contributed by atoms with E-state index in [0.717, 1.165) is 64.2 Å². The molecule has 1 fully saturated rings. The molecule has 8 unspecified atom stereocenters. The third-order valence-corrected chi connectivity index (χ3v) is 14.7. The van der Waals surface area contributed by atoms with E-state index in [4.69, 9.17) is 14.2 Å². The van der Waals surface area contributed by atoms with Crippen LogP contribution in [0.5, 0.6) is 0 Å². The lowest BCUT2D eigenvalue weighted by Crippen LogP contribution is -2.61. The molecule has 0 saturated carbocycles. The first-order valence-corrected chi connectivity index (χ1v) is 31.9. The van der Waals surface area contributed by atoms with Gasteiger partial charge in [-0.05, 0) is 44.9 Å². The number of aliphatic hydroxyl groups excluding tert-OH is 5. The van der Waals surface area contributed by atoms with Crippen LogP contribution in [0.4, 0.5) is 0 Å². The largest absolute Gasteiger partial charge is 0.454 e. The molecule has 1 aliphatic rings. The number of hydrogen-bond acceptors (Lipinski definition) is 10. The molecule has 0 aromatic carbocycles. The Kier molecular flexibility index (Phi) is 50.8. The van der Waals surface area contributed by atoms with Gasteiger partial charge in [-0.2, -0.15) is 0 Å². The first kappa shape index (κ1) is 72.9. The first-order valence-electron chi connectivity index (χ1n) is 31.9. The van der Waals surface area contributed by atoms with Crippen LogP contribution >= 0.6 is 0 Å². The highest BCUT2D eigenvalue weighted by molar-refractivity contribution is 5.80. The molecule has 450 valence electrons. The lowest BCUT2D eigenvalue weighted by Gasteiger charge is -2.41. The molecular formula is C67H117NO10. The summed E-state index contributed by atoms with van der Waals surface area (Å²) in [6.07, 6.45) is 60.5. The maximum absolute atomic E-state index is 13.4. The molecule has 0 aromatic heterocycles. The summed E-state index contributed by atoms with van der Waals surface area (Å²) < 4.78 is 17.6. The van der Waals surface area contributed by atoms with Crippen molar-refractivity contribution in [3.8, 4) is 0 Å². The highest BCUT2D eigenvalue weighted by Crippen LogP contribution is 2.26. The van der Waals surface area contributed by atoms with E-state index in [1.54, 1.807) is 6.08 Å². The molecule has 0 spiro atoms. The van der Waals surface area contributed by atoms with Gasteiger partial charge >= 0.3 is 5.97 Å². The van der Waals surface area contributed by atoms with Crippen LogP contribution in [0.3, 0.4) is 0 Å². The van der Waals surface area contributed by atoms with E-state index in [0.29, 0.717) is 12.8 Å². The Morgan fingerprint density at radius 1 is 0.513 bits per heavy atom.